The highest BCUT2D eigenvalue weighted by Crippen LogP contribution is 2.18. The monoisotopic (exact) mass is 386 g/mol. The number of nitrogens with one attached hydrogen (secondary N) is 1. The van der Waals surface area contributed by atoms with E-state index in [1.165, 1.54) is 0 Å². The van der Waals surface area contributed by atoms with Gasteiger partial charge in [-0.25, -0.2) is 4.98 Å². The molecule has 1 N–H and O–H groups in total. The Kier molecular flexibility index (Phi) is 8.90. The van der Waals surface area contributed by atoms with Gasteiger partial charge in [0.05, 0.1) is 18.8 Å². The predicted molar refractivity (Wildman–Crippen MR) is 100 cm³/mol. The third kappa shape index (κ3) is 5.43. The Bertz CT molecular complexity index is 574. The van der Waals surface area contributed by atoms with E-state index in [0.717, 1.165) is 44.6 Å². The highest BCUT2D eigenvalue weighted by molar-refractivity contribution is 5.85. The maximum atomic E-state index is 12.2. The SMILES string of the molecule is Cl.Cl.N#C[C@@H]1CCCN1C(=O)CNC1CCN(c2cnccn2)CC1. The fourth-order valence-corrected chi connectivity index (χ4v) is 3.30. The summed E-state index contributed by atoms with van der Waals surface area (Å²) in [7, 11) is 0. The van der Waals surface area contributed by atoms with Crippen LogP contribution in [0, 0.1) is 11.3 Å². The van der Waals surface area contributed by atoms with Crippen LogP contribution < -0.4 is 10.2 Å². The molecule has 2 fully saturated rings. The summed E-state index contributed by atoms with van der Waals surface area (Å²) in [6, 6.07) is 2.32. The van der Waals surface area contributed by atoms with Crippen LogP contribution in [0.4, 0.5) is 5.82 Å². The van der Waals surface area contributed by atoms with E-state index >= 15 is 0 Å². The van der Waals surface area contributed by atoms with Gasteiger partial charge in [-0.3, -0.25) is 9.78 Å². The Morgan fingerprint density at radius 3 is 2.64 bits per heavy atom. The van der Waals surface area contributed by atoms with Crippen molar-refractivity contribution in [1.82, 2.24) is 20.2 Å². The minimum absolute atomic E-state index is 0. The zero-order chi connectivity index (χ0) is 16.1. The van der Waals surface area contributed by atoms with Gasteiger partial charge in [-0.1, -0.05) is 0 Å². The minimum atomic E-state index is -0.234. The van der Waals surface area contributed by atoms with Crippen molar-refractivity contribution < 1.29 is 4.79 Å². The number of piperidine rings is 1. The first kappa shape index (κ1) is 21.4. The van der Waals surface area contributed by atoms with E-state index in [1.54, 1.807) is 23.5 Å². The maximum Gasteiger partial charge on any atom is 0.237 e. The van der Waals surface area contributed by atoms with E-state index in [2.05, 4.69) is 26.3 Å². The second-order valence-corrected chi connectivity index (χ2v) is 6.08. The largest absolute Gasteiger partial charge is 0.355 e. The minimum Gasteiger partial charge on any atom is -0.355 e. The molecule has 2 aliphatic rings. The van der Waals surface area contributed by atoms with Crippen LogP contribution in [-0.4, -0.2) is 59.0 Å². The number of likely N-dealkylation sites (tertiary alicyclic amines) is 1. The molecule has 0 unspecified atom stereocenters. The molecule has 0 aliphatic carbocycles. The van der Waals surface area contributed by atoms with Gasteiger partial charge in [0.2, 0.25) is 5.91 Å². The average Bonchev–Trinajstić information content (AvgIpc) is 3.10. The summed E-state index contributed by atoms with van der Waals surface area (Å²) < 4.78 is 0. The Morgan fingerprint density at radius 2 is 2.00 bits per heavy atom. The third-order valence-corrected chi connectivity index (χ3v) is 4.63. The van der Waals surface area contributed by atoms with Crippen molar-refractivity contribution in [2.75, 3.05) is 31.1 Å². The molecule has 1 aromatic rings. The first-order valence-electron chi connectivity index (χ1n) is 8.21. The molecule has 2 saturated heterocycles. The van der Waals surface area contributed by atoms with Gasteiger partial charge in [-0.05, 0) is 25.7 Å². The molecule has 1 atom stereocenters. The van der Waals surface area contributed by atoms with Crippen LogP contribution in [0.5, 0.6) is 0 Å². The van der Waals surface area contributed by atoms with Crippen molar-refractivity contribution in [3.05, 3.63) is 18.6 Å². The number of nitrogens with zero attached hydrogens (tertiary/aromatic N) is 5. The number of halogens is 2. The van der Waals surface area contributed by atoms with Crippen LogP contribution >= 0.6 is 24.8 Å². The zero-order valence-corrected chi connectivity index (χ0v) is 15.6. The number of nitriles is 1. The number of hydrogen-bond acceptors (Lipinski definition) is 6. The number of hydrogen-bond donors (Lipinski definition) is 1. The number of carbonyl (C=O) groups is 1. The summed E-state index contributed by atoms with van der Waals surface area (Å²) in [6.45, 7) is 2.86. The summed E-state index contributed by atoms with van der Waals surface area (Å²) >= 11 is 0. The smallest absolute Gasteiger partial charge is 0.237 e. The van der Waals surface area contributed by atoms with Crippen molar-refractivity contribution >= 4 is 36.5 Å². The van der Waals surface area contributed by atoms with Gasteiger partial charge in [0, 0.05) is 38.1 Å². The topological polar surface area (TPSA) is 85.2 Å². The average molecular weight is 387 g/mol. The van der Waals surface area contributed by atoms with Gasteiger partial charge in [0.25, 0.3) is 0 Å². The van der Waals surface area contributed by atoms with Gasteiger partial charge in [-0.2, -0.15) is 5.26 Å². The lowest BCUT2D eigenvalue weighted by Gasteiger charge is -2.33. The molecule has 2 aliphatic heterocycles. The van der Waals surface area contributed by atoms with E-state index < -0.39 is 0 Å². The first-order valence-corrected chi connectivity index (χ1v) is 8.21. The molecular formula is C16H24Cl2N6O. The molecular weight excluding hydrogens is 363 g/mol. The Morgan fingerprint density at radius 1 is 1.24 bits per heavy atom. The van der Waals surface area contributed by atoms with Crippen molar-refractivity contribution in [1.29, 1.82) is 5.26 Å². The lowest BCUT2D eigenvalue weighted by molar-refractivity contribution is -0.130. The van der Waals surface area contributed by atoms with Crippen LogP contribution in [0.3, 0.4) is 0 Å². The molecule has 0 spiro atoms. The highest BCUT2D eigenvalue weighted by Gasteiger charge is 2.29. The predicted octanol–water partition coefficient (Wildman–Crippen LogP) is 1.39. The van der Waals surface area contributed by atoms with E-state index in [4.69, 9.17) is 5.26 Å². The zero-order valence-electron chi connectivity index (χ0n) is 14.0. The van der Waals surface area contributed by atoms with Crippen LogP contribution in [0.1, 0.15) is 25.7 Å². The summed E-state index contributed by atoms with van der Waals surface area (Å²) in [5, 5.41) is 12.4. The molecule has 0 aromatic carbocycles. The Hall–Kier alpha value is -1.62. The number of rotatable bonds is 4. The lowest BCUT2D eigenvalue weighted by atomic mass is 10.1. The van der Waals surface area contributed by atoms with Crippen molar-refractivity contribution in [2.24, 2.45) is 0 Å². The van der Waals surface area contributed by atoms with E-state index in [9.17, 15) is 4.79 Å². The second kappa shape index (κ2) is 10.4. The molecule has 0 radical (unpaired) electrons. The second-order valence-electron chi connectivity index (χ2n) is 6.08. The molecule has 7 nitrogen and oxygen atoms in total. The Labute approximate surface area is 160 Å². The maximum absolute atomic E-state index is 12.2. The summed E-state index contributed by atoms with van der Waals surface area (Å²) in [5.74, 6) is 0.960. The van der Waals surface area contributed by atoms with Gasteiger partial charge >= 0.3 is 0 Å². The molecule has 1 amide bonds. The molecule has 9 heteroatoms. The van der Waals surface area contributed by atoms with E-state index in [-0.39, 0.29) is 36.8 Å². The van der Waals surface area contributed by atoms with E-state index in [0.29, 0.717) is 19.1 Å². The van der Waals surface area contributed by atoms with Crippen molar-refractivity contribution in [2.45, 2.75) is 37.8 Å². The van der Waals surface area contributed by atoms with Gasteiger partial charge in [0.1, 0.15) is 11.9 Å². The van der Waals surface area contributed by atoms with Crippen LogP contribution in [0.25, 0.3) is 0 Å². The van der Waals surface area contributed by atoms with Crippen molar-refractivity contribution in [3.8, 4) is 6.07 Å². The lowest BCUT2D eigenvalue weighted by Crippen LogP contribution is -2.47. The quantitative estimate of drug-likeness (QED) is 0.841. The van der Waals surface area contributed by atoms with Gasteiger partial charge in [0.15, 0.2) is 0 Å². The van der Waals surface area contributed by atoms with Gasteiger partial charge < -0.3 is 15.1 Å². The normalized spacial score (nSPS) is 20.4. The third-order valence-electron chi connectivity index (χ3n) is 4.63. The molecule has 3 rings (SSSR count). The number of anilines is 1. The summed E-state index contributed by atoms with van der Waals surface area (Å²) in [4.78, 5) is 24.6. The fourth-order valence-electron chi connectivity index (χ4n) is 3.30. The molecule has 3 heterocycles. The van der Waals surface area contributed by atoms with E-state index in [1.807, 2.05) is 0 Å². The fraction of sp³-hybridized carbons (Fsp3) is 0.625. The standard InChI is InChI=1S/C16H22N6O.2ClH/c17-10-14-2-1-7-22(14)16(23)12-20-13-3-8-21(9-4-13)15-11-18-5-6-19-15;;/h5-6,11,13-14,20H,1-4,7-9,12H2;2*1H/t14-;;/m0../s1. The number of carbonyl (C=O) groups excluding carboxylic acids is 1. The number of amides is 1. The van der Waals surface area contributed by atoms with Crippen molar-refractivity contribution in [3.63, 3.8) is 0 Å². The molecule has 25 heavy (non-hydrogen) atoms. The number of aromatic nitrogens is 2. The Balaban J connectivity index is 0.00000156. The molecule has 138 valence electrons. The van der Waals surface area contributed by atoms with Crippen LogP contribution in [0.15, 0.2) is 18.6 Å². The van der Waals surface area contributed by atoms with Crippen LogP contribution in [-0.2, 0) is 4.79 Å². The molecule has 1 aromatic heterocycles. The van der Waals surface area contributed by atoms with Crippen LogP contribution in [0.2, 0.25) is 0 Å². The summed E-state index contributed by atoms with van der Waals surface area (Å²) in [5.41, 5.74) is 0. The molecule has 0 bridgehead atoms. The molecule has 0 saturated carbocycles. The first-order chi connectivity index (χ1) is 11.3. The summed E-state index contributed by atoms with van der Waals surface area (Å²) in [6.07, 6.45) is 8.86. The van der Waals surface area contributed by atoms with Gasteiger partial charge in [-0.15, -0.1) is 24.8 Å². The highest BCUT2D eigenvalue weighted by atomic mass is 35.5.